The number of carbonyl (C=O) groups excluding carboxylic acids is 2. The summed E-state index contributed by atoms with van der Waals surface area (Å²) in [7, 11) is 0. The van der Waals surface area contributed by atoms with Gasteiger partial charge in [0.2, 0.25) is 0 Å². The summed E-state index contributed by atoms with van der Waals surface area (Å²) >= 11 is 0. The van der Waals surface area contributed by atoms with E-state index in [1.165, 1.54) is 12.5 Å². The first-order valence-corrected chi connectivity index (χ1v) is 7.06. The van der Waals surface area contributed by atoms with E-state index >= 15 is 0 Å². The Kier molecular flexibility index (Phi) is 4.28. The van der Waals surface area contributed by atoms with Gasteiger partial charge in [-0.15, -0.1) is 0 Å². The average molecular weight is 310 g/mol. The normalized spacial score (nSPS) is 10.4. The second kappa shape index (κ2) is 6.69. The van der Waals surface area contributed by atoms with Crippen molar-refractivity contribution < 1.29 is 14.0 Å². The lowest BCUT2D eigenvalue weighted by Crippen LogP contribution is -2.34. The number of amides is 2. The number of rotatable bonds is 5. The molecule has 0 aliphatic carbocycles. The summed E-state index contributed by atoms with van der Waals surface area (Å²) in [5.41, 5.74) is 1.63. The Hall–Kier alpha value is -3.22. The van der Waals surface area contributed by atoms with Gasteiger partial charge in [0.1, 0.15) is 5.69 Å². The van der Waals surface area contributed by atoms with Crippen LogP contribution >= 0.6 is 0 Å². The van der Waals surface area contributed by atoms with E-state index < -0.39 is 0 Å². The molecule has 0 unspecified atom stereocenters. The molecule has 23 heavy (non-hydrogen) atoms. The van der Waals surface area contributed by atoms with Gasteiger partial charge in [-0.05, 0) is 24.3 Å². The summed E-state index contributed by atoms with van der Waals surface area (Å²) in [6.45, 7) is 0.562. The largest absolute Gasteiger partial charge is 0.459 e. The average Bonchev–Trinajstić information content (AvgIpc) is 3.12. The maximum absolute atomic E-state index is 12.0. The number of para-hydroxylation sites is 2. The lowest BCUT2D eigenvalue weighted by molar-refractivity contribution is 0.0909. The van der Waals surface area contributed by atoms with Crippen LogP contribution in [0.1, 0.15) is 21.0 Å². The van der Waals surface area contributed by atoms with Crippen LogP contribution in [0.4, 0.5) is 0 Å². The van der Waals surface area contributed by atoms with Crippen LogP contribution in [0, 0.1) is 0 Å². The minimum absolute atomic E-state index is 0.233. The van der Waals surface area contributed by atoms with Gasteiger partial charge in [0.05, 0.1) is 23.5 Å². The lowest BCUT2D eigenvalue weighted by atomic mass is 10.3. The predicted molar refractivity (Wildman–Crippen MR) is 82.9 cm³/mol. The number of furan rings is 1. The summed E-state index contributed by atoms with van der Waals surface area (Å²) in [5.74, 6) is -0.429. The standard InChI is InChI=1S/C16H14N4O3/c21-15(13-10-19-11-4-1-2-5-12(11)20-13)17-7-8-18-16(22)14-6-3-9-23-14/h1-6,9-10H,7-8H2,(H,17,21)(H,18,22). The Morgan fingerprint density at radius 2 is 1.70 bits per heavy atom. The summed E-state index contributed by atoms with van der Waals surface area (Å²) in [5, 5.41) is 5.32. The maximum atomic E-state index is 12.0. The quantitative estimate of drug-likeness (QED) is 0.694. The van der Waals surface area contributed by atoms with Crippen molar-refractivity contribution in [3.63, 3.8) is 0 Å². The first-order valence-electron chi connectivity index (χ1n) is 7.06. The molecule has 0 aliphatic rings. The molecule has 0 bridgehead atoms. The third-order valence-corrected chi connectivity index (χ3v) is 3.12. The maximum Gasteiger partial charge on any atom is 0.287 e. The van der Waals surface area contributed by atoms with Crippen LogP contribution in [-0.2, 0) is 0 Å². The van der Waals surface area contributed by atoms with Gasteiger partial charge in [-0.25, -0.2) is 4.98 Å². The molecule has 0 spiro atoms. The second-order valence-electron chi connectivity index (χ2n) is 4.73. The van der Waals surface area contributed by atoms with Crippen molar-refractivity contribution in [2.75, 3.05) is 13.1 Å². The van der Waals surface area contributed by atoms with Crippen LogP contribution in [0.5, 0.6) is 0 Å². The zero-order chi connectivity index (χ0) is 16.1. The second-order valence-corrected chi connectivity index (χ2v) is 4.73. The van der Waals surface area contributed by atoms with Gasteiger partial charge in [0, 0.05) is 13.1 Å². The van der Waals surface area contributed by atoms with Crippen LogP contribution in [0.15, 0.2) is 53.3 Å². The number of hydrogen-bond acceptors (Lipinski definition) is 5. The SMILES string of the molecule is O=C(NCCNC(=O)c1ccco1)c1cnc2ccccc2n1. The van der Waals surface area contributed by atoms with Crippen molar-refractivity contribution in [1.82, 2.24) is 20.6 Å². The molecule has 0 fully saturated rings. The van der Waals surface area contributed by atoms with Gasteiger partial charge in [-0.1, -0.05) is 12.1 Å². The summed E-state index contributed by atoms with van der Waals surface area (Å²) in [4.78, 5) is 32.1. The van der Waals surface area contributed by atoms with Gasteiger partial charge >= 0.3 is 0 Å². The highest BCUT2D eigenvalue weighted by Gasteiger charge is 2.10. The molecule has 2 heterocycles. The van der Waals surface area contributed by atoms with Gasteiger partial charge in [-0.3, -0.25) is 14.6 Å². The summed E-state index contributed by atoms with van der Waals surface area (Å²) in [6, 6.07) is 10.5. The Labute approximate surface area is 131 Å². The number of fused-ring (bicyclic) bond motifs is 1. The molecular weight excluding hydrogens is 296 g/mol. The molecule has 3 aromatic rings. The van der Waals surface area contributed by atoms with Gasteiger partial charge in [0.25, 0.3) is 11.8 Å². The van der Waals surface area contributed by atoms with Crippen LogP contribution < -0.4 is 10.6 Å². The highest BCUT2D eigenvalue weighted by molar-refractivity contribution is 5.94. The number of aromatic nitrogens is 2. The molecule has 7 nitrogen and oxygen atoms in total. The van der Waals surface area contributed by atoms with E-state index in [0.29, 0.717) is 5.52 Å². The van der Waals surface area contributed by atoms with Gasteiger partial charge in [0.15, 0.2) is 5.76 Å². The molecule has 2 aromatic heterocycles. The predicted octanol–water partition coefficient (Wildman–Crippen LogP) is 1.38. The number of carbonyl (C=O) groups is 2. The zero-order valence-corrected chi connectivity index (χ0v) is 12.2. The molecule has 0 saturated heterocycles. The fraction of sp³-hybridized carbons (Fsp3) is 0.125. The van der Waals surface area contributed by atoms with Crippen molar-refractivity contribution in [2.45, 2.75) is 0 Å². The van der Waals surface area contributed by atoms with E-state index in [4.69, 9.17) is 4.42 Å². The smallest absolute Gasteiger partial charge is 0.287 e. The lowest BCUT2D eigenvalue weighted by Gasteiger charge is -2.06. The zero-order valence-electron chi connectivity index (χ0n) is 12.2. The third-order valence-electron chi connectivity index (χ3n) is 3.12. The fourth-order valence-corrected chi connectivity index (χ4v) is 2.00. The van der Waals surface area contributed by atoms with E-state index in [0.717, 1.165) is 5.52 Å². The Balaban J connectivity index is 1.51. The number of nitrogens with zero attached hydrogens (tertiary/aromatic N) is 2. The Morgan fingerprint density at radius 3 is 2.43 bits per heavy atom. The van der Waals surface area contributed by atoms with Crippen molar-refractivity contribution in [2.24, 2.45) is 0 Å². The number of nitrogens with one attached hydrogen (secondary N) is 2. The molecule has 1 aromatic carbocycles. The van der Waals surface area contributed by atoms with Crippen LogP contribution in [0.2, 0.25) is 0 Å². The van der Waals surface area contributed by atoms with E-state index in [1.54, 1.807) is 18.2 Å². The molecule has 0 saturated carbocycles. The van der Waals surface area contributed by atoms with E-state index in [2.05, 4.69) is 20.6 Å². The molecule has 3 rings (SSSR count). The van der Waals surface area contributed by atoms with Crippen molar-refractivity contribution in [3.8, 4) is 0 Å². The van der Waals surface area contributed by atoms with Crippen molar-refractivity contribution in [3.05, 3.63) is 60.3 Å². The Morgan fingerprint density at radius 1 is 0.957 bits per heavy atom. The molecule has 116 valence electrons. The molecule has 2 N–H and O–H groups in total. The molecule has 2 amide bonds. The molecule has 0 atom stereocenters. The van der Waals surface area contributed by atoms with Crippen LogP contribution in [0.3, 0.4) is 0 Å². The Bertz CT molecular complexity index is 830. The van der Waals surface area contributed by atoms with Gasteiger partial charge in [-0.2, -0.15) is 0 Å². The molecular formula is C16H14N4O3. The third kappa shape index (κ3) is 3.52. The number of hydrogen-bond donors (Lipinski definition) is 2. The van der Waals surface area contributed by atoms with Crippen LogP contribution in [0.25, 0.3) is 11.0 Å². The minimum Gasteiger partial charge on any atom is -0.459 e. The minimum atomic E-state index is -0.337. The van der Waals surface area contributed by atoms with E-state index in [-0.39, 0.29) is 36.4 Å². The fourth-order valence-electron chi connectivity index (χ4n) is 2.00. The summed E-state index contributed by atoms with van der Waals surface area (Å²) in [6.07, 6.45) is 2.86. The topological polar surface area (TPSA) is 97.1 Å². The van der Waals surface area contributed by atoms with E-state index in [1.807, 2.05) is 18.2 Å². The highest BCUT2D eigenvalue weighted by atomic mass is 16.3. The van der Waals surface area contributed by atoms with E-state index in [9.17, 15) is 9.59 Å². The van der Waals surface area contributed by atoms with Crippen molar-refractivity contribution in [1.29, 1.82) is 0 Å². The molecule has 0 aliphatic heterocycles. The first kappa shape index (κ1) is 14.7. The van der Waals surface area contributed by atoms with Crippen LogP contribution in [-0.4, -0.2) is 34.9 Å². The monoisotopic (exact) mass is 310 g/mol. The number of benzene rings is 1. The van der Waals surface area contributed by atoms with Gasteiger partial charge < -0.3 is 15.1 Å². The highest BCUT2D eigenvalue weighted by Crippen LogP contribution is 2.08. The first-order chi connectivity index (χ1) is 11.2. The molecule has 0 radical (unpaired) electrons. The van der Waals surface area contributed by atoms with Crippen molar-refractivity contribution >= 4 is 22.8 Å². The summed E-state index contributed by atoms with van der Waals surface area (Å²) < 4.78 is 4.97. The molecule has 7 heteroatoms.